The fraction of sp³-hybridized carbons (Fsp3) is 0.300. The molecule has 3 amide bonds. The fourth-order valence-electron chi connectivity index (χ4n) is 2.98. The van der Waals surface area contributed by atoms with Crippen molar-refractivity contribution < 1.29 is 9.59 Å². The lowest BCUT2D eigenvalue weighted by Gasteiger charge is -2.18. The smallest absolute Gasteiger partial charge is 0.319 e. The highest BCUT2D eigenvalue weighted by atomic mass is 16.2. The second kappa shape index (κ2) is 6.97. The van der Waals surface area contributed by atoms with Crippen molar-refractivity contribution in [3.05, 3.63) is 59.2 Å². The molecule has 0 spiro atoms. The van der Waals surface area contributed by atoms with E-state index in [9.17, 15) is 9.59 Å². The molecule has 0 bridgehead atoms. The van der Waals surface area contributed by atoms with Gasteiger partial charge in [-0.2, -0.15) is 0 Å². The predicted molar refractivity (Wildman–Crippen MR) is 100 cm³/mol. The van der Waals surface area contributed by atoms with E-state index in [-0.39, 0.29) is 11.9 Å². The first-order valence-corrected chi connectivity index (χ1v) is 8.47. The van der Waals surface area contributed by atoms with Crippen LogP contribution in [-0.4, -0.2) is 24.5 Å². The molecule has 0 radical (unpaired) electrons. The van der Waals surface area contributed by atoms with Crippen molar-refractivity contribution in [2.24, 2.45) is 0 Å². The Morgan fingerprint density at radius 2 is 1.72 bits per heavy atom. The topological polar surface area (TPSA) is 61.4 Å². The summed E-state index contributed by atoms with van der Waals surface area (Å²) in [7, 11) is 0. The van der Waals surface area contributed by atoms with Crippen molar-refractivity contribution in [3.8, 4) is 0 Å². The number of nitrogens with one attached hydrogen (secondary N) is 2. The van der Waals surface area contributed by atoms with E-state index < -0.39 is 6.04 Å². The Hall–Kier alpha value is -2.82. The molecule has 0 aromatic heterocycles. The van der Waals surface area contributed by atoms with Crippen molar-refractivity contribution in [2.75, 3.05) is 16.8 Å². The third kappa shape index (κ3) is 3.82. The Morgan fingerprint density at radius 1 is 1.04 bits per heavy atom. The number of carbonyl (C=O) groups is 2. The lowest BCUT2D eigenvalue weighted by atomic mass is 10.1. The number of carbonyl (C=O) groups excluding carboxylic acids is 2. The van der Waals surface area contributed by atoms with Crippen LogP contribution < -0.4 is 15.5 Å². The molecule has 2 aromatic carbocycles. The number of hydrogen-bond acceptors (Lipinski definition) is 2. The third-order valence-electron chi connectivity index (χ3n) is 4.50. The van der Waals surface area contributed by atoms with E-state index in [0.717, 1.165) is 28.1 Å². The van der Waals surface area contributed by atoms with Gasteiger partial charge in [-0.1, -0.05) is 29.8 Å². The van der Waals surface area contributed by atoms with Crippen LogP contribution in [0.5, 0.6) is 0 Å². The Bertz CT molecular complexity index is 799. The molecule has 3 rings (SSSR count). The van der Waals surface area contributed by atoms with Crippen molar-refractivity contribution in [1.29, 1.82) is 0 Å². The molecular formula is C20H23N3O2. The highest BCUT2D eigenvalue weighted by Crippen LogP contribution is 2.22. The van der Waals surface area contributed by atoms with E-state index in [1.807, 2.05) is 63.2 Å². The maximum Gasteiger partial charge on any atom is 0.319 e. The summed E-state index contributed by atoms with van der Waals surface area (Å²) in [5, 5.41) is 5.63. The van der Waals surface area contributed by atoms with E-state index in [1.54, 1.807) is 4.90 Å². The third-order valence-corrected chi connectivity index (χ3v) is 4.50. The normalized spacial score (nSPS) is 16.8. The summed E-state index contributed by atoms with van der Waals surface area (Å²) in [5.41, 5.74) is 4.84. The first-order valence-electron chi connectivity index (χ1n) is 8.47. The number of amides is 3. The minimum absolute atomic E-state index is 0.0695. The van der Waals surface area contributed by atoms with E-state index in [1.165, 1.54) is 0 Å². The monoisotopic (exact) mass is 337 g/mol. The minimum atomic E-state index is -0.494. The molecule has 1 atom stereocenters. The summed E-state index contributed by atoms with van der Waals surface area (Å²) < 4.78 is 0. The number of hydrogen-bond donors (Lipinski definition) is 2. The molecule has 5 nitrogen and oxygen atoms in total. The lowest BCUT2D eigenvalue weighted by Crippen LogP contribution is -2.43. The van der Waals surface area contributed by atoms with Gasteiger partial charge < -0.3 is 15.5 Å². The van der Waals surface area contributed by atoms with Crippen LogP contribution in [0.1, 0.15) is 23.1 Å². The van der Waals surface area contributed by atoms with Crippen LogP contribution in [0.15, 0.2) is 42.5 Å². The van der Waals surface area contributed by atoms with Crippen LogP contribution in [0.25, 0.3) is 0 Å². The van der Waals surface area contributed by atoms with Gasteiger partial charge in [-0.15, -0.1) is 0 Å². The first-order chi connectivity index (χ1) is 11.9. The van der Waals surface area contributed by atoms with Crippen molar-refractivity contribution in [3.63, 3.8) is 0 Å². The van der Waals surface area contributed by atoms with E-state index in [0.29, 0.717) is 13.0 Å². The Labute approximate surface area is 148 Å². The standard InChI is InChI=1S/C20H23N3O2/c1-13-5-8-16(9-6-13)23-11-10-17(19(23)24)21-20(25)22-18-12-14(2)4-7-15(18)3/h4-9,12,17H,10-11H2,1-3H3,(H2,21,22,25). The molecular weight excluding hydrogens is 314 g/mol. The zero-order valence-electron chi connectivity index (χ0n) is 14.8. The summed E-state index contributed by atoms with van der Waals surface area (Å²) >= 11 is 0. The zero-order valence-corrected chi connectivity index (χ0v) is 14.8. The largest absolute Gasteiger partial charge is 0.326 e. The Morgan fingerprint density at radius 3 is 2.44 bits per heavy atom. The van der Waals surface area contributed by atoms with E-state index in [2.05, 4.69) is 10.6 Å². The molecule has 1 unspecified atom stereocenters. The Balaban J connectivity index is 1.63. The van der Waals surface area contributed by atoms with E-state index in [4.69, 9.17) is 0 Å². The second-order valence-electron chi connectivity index (χ2n) is 6.58. The first kappa shape index (κ1) is 17.0. The number of rotatable bonds is 3. The van der Waals surface area contributed by atoms with Crippen molar-refractivity contribution >= 4 is 23.3 Å². The number of aryl methyl sites for hydroxylation is 3. The number of benzene rings is 2. The molecule has 2 aromatic rings. The van der Waals surface area contributed by atoms with Gasteiger partial charge in [-0.3, -0.25) is 4.79 Å². The van der Waals surface area contributed by atoms with Gasteiger partial charge in [-0.25, -0.2) is 4.79 Å². The van der Waals surface area contributed by atoms with Gasteiger partial charge in [0.2, 0.25) is 5.91 Å². The summed E-state index contributed by atoms with van der Waals surface area (Å²) in [6.45, 7) is 6.53. The van der Waals surface area contributed by atoms with Crippen LogP contribution in [0.4, 0.5) is 16.2 Å². The average molecular weight is 337 g/mol. The maximum atomic E-state index is 12.6. The van der Waals surface area contributed by atoms with Crippen molar-refractivity contribution in [1.82, 2.24) is 5.32 Å². The van der Waals surface area contributed by atoms with Gasteiger partial charge in [0.15, 0.2) is 0 Å². The average Bonchev–Trinajstić information content (AvgIpc) is 2.92. The van der Waals surface area contributed by atoms with Gasteiger partial charge in [-0.05, 0) is 56.5 Å². The Kier molecular flexibility index (Phi) is 4.74. The van der Waals surface area contributed by atoms with Crippen LogP contribution in [0, 0.1) is 20.8 Å². The van der Waals surface area contributed by atoms with Gasteiger partial charge in [0.1, 0.15) is 6.04 Å². The number of urea groups is 1. The molecule has 0 saturated carbocycles. The maximum absolute atomic E-state index is 12.6. The van der Waals surface area contributed by atoms with Crippen LogP contribution >= 0.6 is 0 Å². The molecule has 1 heterocycles. The summed E-state index contributed by atoms with van der Waals surface area (Å²) in [5.74, 6) is -0.0695. The molecule has 25 heavy (non-hydrogen) atoms. The highest BCUT2D eigenvalue weighted by molar-refractivity contribution is 6.02. The van der Waals surface area contributed by atoms with Gasteiger partial charge in [0.25, 0.3) is 0 Å². The van der Waals surface area contributed by atoms with Crippen LogP contribution in [0.2, 0.25) is 0 Å². The number of anilines is 2. The van der Waals surface area contributed by atoms with Crippen LogP contribution in [-0.2, 0) is 4.79 Å². The van der Waals surface area contributed by atoms with Gasteiger partial charge >= 0.3 is 6.03 Å². The zero-order chi connectivity index (χ0) is 18.0. The molecule has 2 N–H and O–H groups in total. The molecule has 5 heteroatoms. The molecule has 1 fully saturated rings. The van der Waals surface area contributed by atoms with Crippen molar-refractivity contribution in [2.45, 2.75) is 33.2 Å². The minimum Gasteiger partial charge on any atom is -0.326 e. The molecule has 130 valence electrons. The summed E-state index contributed by atoms with van der Waals surface area (Å²) in [6, 6.07) is 12.9. The molecule has 1 aliphatic rings. The predicted octanol–water partition coefficient (Wildman–Crippen LogP) is 3.54. The highest BCUT2D eigenvalue weighted by Gasteiger charge is 2.33. The summed E-state index contributed by atoms with van der Waals surface area (Å²) in [4.78, 5) is 26.6. The van der Waals surface area contributed by atoms with Gasteiger partial charge in [0, 0.05) is 17.9 Å². The fourth-order valence-corrected chi connectivity index (χ4v) is 2.98. The van der Waals surface area contributed by atoms with Gasteiger partial charge in [0.05, 0.1) is 0 Å². The van der Waals surface area contributed by atoms with Crippen LogP contribution in [0.3, 0.4) is 0 Å². The second-order valence-corrected chi connectivity index (χ2v) is 6.58. The van der Waals surface area contributed by atoms with E-state index >= 15 is 0 Å². The molecule has 0 aliphatic carbocycles. The number of nitrogens with zero attached hydrogens (tertiary/aromatic N) is 1. The molecule has 1 saturated heterocycles. The quantitative estimate of drug-likeness (QED) is 0.900. The SMILES string of the molecule is Cc1ccc(N2CCC(NC(=O)Nc3cc(C)ccc3C)C2=O)cc1. The summed E-state index contributed by atoms with van der Waals surface area (Å²) in [6.07, 6.45) is 0.604. The lowest BCUT2D eigenvalue weighted by molar-refractivity contribution is -0.118. The molecule has 1 aliphatic heterocycles.